The number of rotatable bonds is 7. The van der Waals surface area contributed by atoms with E-state index in [4.69, 9.17) is 0 Å². The average Bonchev–Trinajstić information content (AvgIpc) is 3.23. The maximum absolute atomic E-state index is 13.0. The van der Waals surface area contributed by atoms with Crippen molar-refractivity contribution in [1.29, 1.82) is 0 Å². The molecule has 4 nitrogen and oxygen atoms in total. The van der Waals surface area contributed by atoms with Crippen LogP contribution >= 0.6 is 23.1 Å². The smallest absolute Gasteiger partial charge is 0.255 e. The summed E-state index contributed by atoms with van der Waals surface area (Å²) in [6.07, 6.45) is 0. The Bertz CT molecular complexity index is 1000. The molecule has 1 N–H and O–H groups in total. The van der Waals surface area contributed by atoms with Crippen molar-refractivity contribution in [3.8, 4) is 0 Å². The summed E-state index contributed by atoms with van der Waals surface area (Å²) in [4.78, 5) is 29.1. The van der Waals surface area contributed by atoms with Gasteiger partial charge < -0.3 is 10.2 Å². The van der Waals surface area contributed by atoms with Gasteiger partial charge in [-0.2, -0.15) is 0 Å². The molecule has 0 unspecified atom stereocenters. The fourth-order valence-corrected chi connectivity index (χ4v) is 4.70. The zero-order chi connectivity index (χ0) is 20.8. The molecule has 0 fully saturated rings. The lowest BCUT2D eigenvalue weighted by atomic mass is 10.1. The van der Waals surface area contributed by atoms with Gasteiger partial charge in [-0.1, -0.05) is 30.3 Å². The van der Waals surface area contributed by atoms with Gasteiger partial charge in [0.1, 0.15) is 0 Å². The normalized spacial score (nSPS) is 10.6. The van der Waals surface area contributed by atoms with Crippen molar-refractivity contribution in [2.24, 2.45) is 0 Å². The lowest BCUT2D eigenvalue weighted by Gasteiger charge is -2.19. The van der Waals surface area contributed by atoms with Crippen molar-refractivity contribution in [1.82, 2.24) is 4.90 Å². The van der Waals surface area contributed by atoms with Crippen molar-refractivity contribution >= 4 is 40.6 Å². The molecular formula is C23H24N2O2S2. The van der Waals surface area contributed by atoms with E-state index in [1.165, 1.54) is 9.78 Å². The number of nitrogens with zero attached hydrogens (tertiary/aromatic N) is 1. The van der Waals surface area contributed by atoms with Gasteiger partial charge in [0.05, 0.1) is 12.1 Å². The lowest BCUT2D eigenvalue weighted by Crippen LogP contribution is -2.35. The summed E-state index contributed by atoms with van der Waals surface area (Å²) in [5.41, 5.74) is 3.55. The van der Waals surface area contributed by atoms with E-state index < -0.39 is 0 Å². The molecule has 0 aliphatic heterocycles. The monoisotopic (exact) mass is 424 g/mol. The number of likely N-dealkylation sites (N-methyl/N-ethyl adjacent to an activating group) is 1. The van der Waals surface area contributed by atoms with E-state index in [1.54, 1.807) is 30.1 Å². The fraction of sp³-hybridized carbons (Fsp3) is 0.217. The van der Waals surface area contributed by atoms with Crippen LogP contribution in [0.2, 0.25) is 0 Å². The van der Waals surface area contributed by atoms with Gasteiger partial charge in [0, 0.05) is 28.3 Å². The van der Waals surface area contributed by atoms with Crippen LogP contribution in [0, 0.1) is 13.8 Å². The summed E-state index contributed by atoms with van der Waals surface area (Å²) in [7, 11) is 1.66. The van der Waals surface area contributed by atoms with Gasteiger partial charge in [-0.25, -0.2) is 0 Å². The van der Waals surface area contributed by atoms with Crippen LogP contribution < -0.4 is 5.32 Å². The Morgan fingerprint density at radius 3 is 2.59 bits per heavy atom. The molecule has 0 bridgehead atoms. The molecule has 3 aromatic rings. The summed E-state index contributed by atoms with van der Waals surface area (Å²) in [5.74, 6) is 0.451. The van der Waals surface area contributed by atoms with Crippen LogP contribution in [0.25, 0.3) is 0 Å². The SMILES string of the molecule is Cc1cccc(NC(=O)CN(C)C(=O)c2ccccc2SCc2cccs2)c1C. The second kappa shape index (κ2) is 9.76. The average molecular weight is 425 g/mol. The van der Waals surface area contributed by atoms with Gasteiger partial charge in [-0.15, -0.1) is 23.1 Å². The van der Waals surface area contributed by atoms with Crippen molar-refractivity contribution in [3.63, 3.8) is 0 Å². The standard InChI is InChI=1S/C23H24N2O2S2/c1-16-8-6-11-20(17(16)2)24-22(26)14-25(3)23(27)19-10-4-5-12-21(19)29-15-18-9-7-13-28-18/h4-13H,14-15H2,1-3H3,(H,24,26). The molecule has 0 saturated heterocycles. The number of aryl methyl sites for hydroxylation is 1. The Kier molecular flexibility index (Phi) is 7.12. The molecular weight excluding hydrogens is 400 g/mol. The predicted octanol–water partition coefficient (Wildman–Crippen LogP) is 5.37. The lowest BCUT2D eigenvalue weighted by molar-refractivity contribution is -0.116. The highest BCUT2D eigenvalue weighted by molar-refractivity contribution is 7.98. The van der Waals surface area contributed by atoms with Gasteiger partial charge in [0.2, 0.25) is 5.91 Å². The third-order valence-electron chi connectivity index (χ3n) is 4.67. The van der Waals surface area contributed by atoms with Crippen LogP contribution in [0.4, 0.5) is 5.69 Å². The van der Waals surface area contributed by atoms with E-state index in [9.17, 15) is 9.59 Å². The first-order chi connectivity index (χ1) is 14.0. The molecule has 2 amide bonds. The summed E-state index contributed by atoms with van der Waals surface area (Å²) in [5, 5.41) is 4.96. The Hall–Kier alpha value is -2.57. The van der Waals surface area contributed by atoms with Gasteiger partial charge in [0.15, 0.2) is 0 Å². The van der Waals surface area contributed by atoms with E-state index in [-0.39, 0.29) is 18.4 Å². The molecule has 0 spiro atoms. The van der Waals surface area contributed by atoms with Crippen LogP contribution in [0.3, 0.4) is 0 Å². The maximum Gasteiger partial charge on any atom is 0.255 e. The van der Waals surface area contributed by atoms with Gasteiger partial charge >= 0.3 is 0 Å². The van der Waals surface area contributed by atoms with Crippen LogP contribution in [-0.2, 0) is 10.5 Å². The minimum atomic E-state index is -0.210. The second-order valence-corrected chi connectivity index (χ2v) is 8.87. The molecule has 0 aliphatic rings. The van der Waals surface area contributed by atoms with Crippen LogP contribution in [0.1, 0.15) is 26.4 Å². The molecule has 0 atom stereocenters. The first kappa shape index (κ1) is 21.1. The third kappa shape index (κ3) is 5.49. The maximum atomic E-state index is 13.0. The predicted molar refractivity (Wildman–Crippen MR) is 122 cm³/mol. The molecule has 6 heteroatoms. The Balaban J connectivity index is 1.65. The molecule has 150 valence electrons. The fourth-order valence-electron chi connectivity index (χ4n) is 2.88. The number of benzene rings is 2. The zero-order valence-corrected chi connectivity index (χ0v) is 18.4. The van der Waals surface area contributed by atoms with Crippen LogP contribution in [0.15, 0.2) is 64.9 Å². The summed E-state index contributed by atoms with van der Waals surface area (Å²) >= 11 is 3.34. The zero-order valence-electron chi connectivity index (χ0n) is 16.8. The van der Waals surface area contributed by atoms with E-state index in [2.05, 4.69) is 16.8 Å². The largest absolute Gasteiger partial charge is 0.332 e. The second-order valence-electron chi connectivity index (χ2n) is 6.82. The molecule has 2 aromatic carbocycles. The molecule has 3 rings (SSSR count). The van der Waals surface area contributed by atoms with Gasteiger partial charge in [-0.3, -0.25) is 9.59 Å². The number of thioether (sulfide) groups is 1. The van der Waals surface area contributed by atoms with Crippen molar-refractivity contribution in [2.45, 2.75) is 24.5 Å². The topological polar surface area (TPSA) is 49.4 Å². The Labute approximate surface area is 179 Å². The number of anilines is 1. The molecule has 0 aliphatic carbocycles. The van der Waals surface area contributed by atoms with E-state index >= 15 is 0 Å². The van der Waals surface area contributed by atoms with Crippen molar-refractivity contribution < 1.29 is 9.59 Å². The third-order valence-corrected chi connectivity index (χ3v) is 6.86. The number of amides is 2. The van der Waals surface area contributed by atoms with E-state index in [0.717, 1.165) is 27.5 Å². The van der Waals surface area contributed by atoms with E-state index in [0.29, 0.717) is 5.56 Å². The molecule has 1 aromatic heterocycles. The van der Waals surface area contributed by atoms with Crippen molar-refractivity contribution in [3.05, 3.63) is 81.5 Å². The van der Waals surface area contributed by atoms with Crippen LogP contribution in [0.5, 0.6) is 0 Å². The number of carbonyl (C=O) groups is 2. The summed E-state index contributed by atoms with van der Waals surface area (Å²) in [6, 6.07) is 17.5. The quantitative estimate of drug-likeness (QED) is 0.519. The molecule has 0 saturated carbocycles. The first-order valence-electron chi connectivity index (χ1n) is 9.31. The number of thiophene rings is 1. The minimum Gasteiger partial charge on any atom is -0.332 e. The Morgan fingerprint density at radius 2 is 1.83 bits per heavy atom. The molecule has 0 radical (unpaired) electrons. The summed E-state index contributed by atoms with van der Waals surface area (Å²) in [6.45, 7) is 3.97. The molecule has 1 heterocycles. The number of carbonyl (C=O) groups excluding carboxylic acids is 2. The number of hydrogen-bond donors (Lipinski definition) is 1. The highest BCUT2D eigenvalue weighted by Gasteiger charge is 2.18. The van der Waals surface area contributed by atoms with E-state index in [1.807, 2.05) is 62.4 Å². The van der Waals surface area contributed by atoms with Crippen LogP contribution in [-0.4, -0.2) is 30.3 Å². The number of nitrogens with one attached hydrogen (secondary N) is 1. The van der Waals surface area contributed by atoms with Gasteiger partial charge in [-0.05, 0) is 54.6 Å². The number of hydrogen-bond acceptors (Lipinski definition) is 4. The Morgan fingerprint density at radius 1 is 1.03 bits per heavy atom. The van der Waals surface area contributed by atoms with Crippen molar-refractivity contribution in [2.75, 3.05) is 18.9 Å². The highest BCUT2D eigenvalue weighted by Crippen LogP contribution is 2.28. The highest BCUT2D eigenvalue weighted by atomic mass is 32.2. The minimum absolute atomic E-state index is 0.00383. The molecule has 29 heavy (non-hydrogen) atoms. The van der Waals surface area contributed by atoms with Gasteiger partial charge in [0.25, 0.3) is 5.91 Å². The first-order valence-corrected chi connectivity index (χ1v) is 11.2. The summed E-state index contributed by atoms with van der Waals surface area (Å²) < 4.78 is 0.